The summed E-state index contributed by atoms with van der Waals surface area (Å²) in [5.74, 6) is 0.635. The minimum atomic E-state index is -0.264. The Labute approximate surface area is 117 Å². The maximum absolute atomic E-state index is 11.7. The van der Waals surface area contributed by atoms with Crippen LogP contribution in [0, 0.1) is 0 Å². The van der Waals surface area contributed by atoms with Gasteiger partial charge in [0.05, 0.1) is 19.8 Å². The minimum absolute atomic E-state index is 0.0607. The SMILES string of the molecule is O=C(NCCOc1cccc(Cl)c1)C1COCCN1. The lowest BCUT2D eigenvalue weighted by atomic mass is 10.2. The number of hydrogen-bond donors (Lipinski definition) is 2. The second-order valence-electron chi connectivity index (χ2n) is 4.18. The van der Waals surface area contributed by atoms with Crippen LogP contribution in [0.15, 0.2) is 24.3 Å². The summed E-state index contributed by atoms with van der Waals surface area (Å²) in [6, 6.07) is 6.90. The molecule has 0 aliphatic carbocycles. The monoisotopic (exact) mass is 284 g/mol. The molecule has 0 spiro atoms. The Bertz CT molecular complexity index is 422. The topological polar surface area (TPSA) is 59.6 Å². The number of carbonyl (C=O) groups excluding carboxylic acids is 1. The molecule has 2 rings (SSSR count). The fraction of sp³-hybridized carbons (Fsp3) is 0.462. The number of ether oxygens (including phenoxy) is 2. The Hall–Kier alpha value is -1.30. The Morgan fingerprint density at radius 2 is 2.47 bits per heavy atom. The highest BCUT2D eigenvalue weighted by Gasteiger charge is 2.20. The summed E-state index contributed by atoms with van der Waals surface area (Å²) in [4.78, 5) is 11.7. The second-order valence-corrected chi connectivity index (χ2v) is 4.61. The van der Waals surface area contributed by atoms with E-state index >= 15 is 0 Å². The van der Waals surface area contributed by atoms with E-state index in [1.165, 1.54) is 0 Å². The zero-order chi connectivity index (χ0) is 13.5. The highest BCUT2D eigenvalue weighted by molar-refractivity contribution is 6.30. The van der Waals surface area contributed by atoms with Crippen LogP contribution < -0.4 is 15.4 Å². The van der Waals surface area contributed by atoms with Gasteiger partial charge in [-0.1, -0.05) is 17.7 Å². The highest BCUT2D eigenvalue weighted by Crippen LogP contribution is 2.16. The average molecular weight is 285 g/mol. The first-order valence-electron chi connectivity index (χ1n) is 6.23. The Balaban J connectivity index is 1.65. The molecule has 1 aromatic rings. The molecule has 1 amide bonds. The van der Waals surface area contributed by atoms with Gasteiger partial charge in [-0.25, -0.2) is 0 Å². The van der Waals surface area contributed by atoms with Gasteiger partial charge in [-0.05, 0) is 18.2 Å². The van der Waals surface area contributed by atoms with Crippen molar-refractivity contribution in [2.45, 2.75) is 6.04 Å². The van der Waals surface area contributed by atoms with E-state index in [4.69, 9.17) is 21.1 Å². The number of rotatable bonds is 5. The van der Waals surface area contributed by atoms with Crippen molar-refractivity contribution in [3.63, 3.8) is 0 Å². The summed E-state index contributed by atoms with van der Waals surface area (Å²) in [7, 11) is 0. The molecule has 1 heterocycles. The van der Waals surface area contributed by atoms with Crippen LogP contribution in [-0.4, -0.2) is 44.9 Å². The fourth-order valence-electron chi connectivity index (χ4n) is 1.76. The van der Waals surface area contributed by atoms with Crippen LogP contribution in [0.2, 0.25) is 5.02 Å². The van der Waals surface area contributed by atoms with Crippen molar-refractivity contribution in [2.75, 3.05) is 32.9 Å². The summed E-state index contributed by atoms with van der Waals surface area (Å²) >= 11 is 5.84. The molecule has 1 aromatic carbocycles. The van der Waals surface area contributed by atoms with E-state index in [9.17, 15) is 4.79 Å². The van der Waals surface area contributed by atoms with Crippen LogP contribution >= 0.6 is 11.6 Å². The normalized spacial score (nSPS) is 18.9. The summed E-state index contributed by atoms with van der Waals surface area (Å²) in [5.41, 5.74) is 0. The van der Waals surface area contributed by atoms with Crippen LogP contribution in [0.5, 0.6) is 5.75 Å². The van der Waals surface area contributed by atoms with Gasteiger partial charge in [-0.2, -0.15) is 0 Å². The number of morpholine rings is 1. The lowest BCUT2D eigenvalue weighted by Crippen LogP contribution is -2.51. The number of nitrogens with one attached hydrogen (secondary N) is 2. The van der Waals surface area contributed by atoms with Gasteiger partial charge in [0, 0.05) is 11.6 Å². The molecule has 1 fully saturated rings. The first-order chi connectivity index (χ1) is 9.25. The standard InChI is InChI=1S/C13H17ClN2O3/c14-10-2-1-3-11(8-10)19-7-5-16-13(17)12-9-18-6-4-15-12/h1-3,8,12,15H,4-7,9H2,(H,16,17). The molecule has 1 aliphatic rings. The van der Waals surface area contributed by atoms with Crippen LogP contribution in [0.4, 0.5) is 0 Å². The summed E-state index contributed by atoms with van der Waals surface area (Å²) < 4.78 is 10.7. The quantitative estimate of drug-likeness (QED) is 0.786. The van der Waals surface area contributed by atoms with Gasteiger partial charge >= 0.3 is 0 Å². The van der Waals surface area contributed by atoms with Crippen LogP contribution in [0.3, 0.4) is 0 Å². The minimum Gasteiger partial charge on any atom is -0.492 e. The van der Waals surface area contributed by atoms with Gasteiger partial charge < -0.3 is 20.1 Å². The summed E-state index contributed by atoms with van der Waals surface area (Å²) in [6.07, 6.45) is 0. The molecule has 6 heteroatoms. The molecule has 2 N–H and O–H groups in total. The van der Waals surface area contributed by atoms with Crippen molar-refractivity contribution in [1.82, 2.24) is 10.6 Å². The number of amides is 1. The zero-order valence-corrected chi connectivity index (χ0v) is 11.3. The van der Waals surface area contributed by atoms with Gasteiger partial charge in [-0.15, -0.1) is 0 Å². The third-order valence-electron chi connectivity index (χ3n) is 2.70. The fourth-order valence-corrected chi connectivity index (χ4v) is 1.94. The lowest BCUT2D eigenvalue weighted by Gasteiger charge is -2.22. The molecular weight excluding hydrogens is 268 g/mol. The molecule has 0 radical (unpaired) electrons. The smallest absolute Gasteiger partial charge is 0.239 e. The van der Waals surface area contributed by atoms with Crippen molar-refractivity contribution in [1.29, 1.82) is 0 Å². The Kier molecular flexibility index (Phi) is 5.44. The van der Waals surface area contributed by atoms with Gasteiger partial charge in [0.1, 0.15) is 18.4 Å². The molecule has 104 valence electrons. The van der Waals surface area contributed by atoms with Crippen molar-refractivity contribution in [3.8, 4) is 5.75 Å². The van der Waals surface area contributed by atoms with E-state index in [0.717, 1.165) is 0 Å². The molecule has 0 aromatic heterocycles. The molecule has 19 heavy (non-hydrogen) atoms. The van der Waals surface area contributed by atoms with Gasteiger partial charge in [0.15, 0.2) is 0 Å². The predicted octanol–water partition coefficient (Wildman–Crippen LogP) is 0.823. The third-order valence-corrected chi connectivity index (χ3v) is 2.94. The van der Waals surface area contributed by atoms with Crippen molar-refractivity contribution in [3.05, 3.63) is 29.3 Å². The van der Waals surface area contributed by atoms with Crippen molar-refractivity contribution < 1.29 is 14.3 Å². The van der Waals surface area contributed by atoms with Gasteiger partial charge in [0.25, 0.3) is 0 Å². The zero-order valence-electron chi connectivity index (χ0n) is 10.5. The molecule has 0 saturated carbocycles. The Morgan fingerprint density at radius 3 is 3.21 bits per heavy atom. The maximum Gasteiger partial charge on any atom is 0.239 e. The third kappa shape index (κ3) is 4.70. The predicted molar refractivity (Wildman–Crippen MR) is 72.6 cm³/mol. The molecule has 1 unspecified atom stereocenters. The van der Waals surface area contributed by atoms with E-state index in [2.05, 4.69) is 10.6 Å². The van der Waals surface area contributed by atoms with E-state index in [0.29, 0.717) is 43.7 Å². The average Bonchev–Trinajstić information content (AvgIpc) is 2.44. The van der Waals surface area contributed by atoms with E-state index in [-0.39, 0.29) is 11.9 Å². The van der Waals surface area contributed by atoms with E-state index in [1.54, 1.807) is 12.1 Å². The first-order valence-corrected chi connectivity index (χ1v) is 6.61. The lowest BCUT2D eigenvalue weighted by molar-refractivity contribution is -0.126. The second kappa shape index (κ2) is 7.33. The van der Waals surface area contributed by atoms with Crippen LogP contribution in [-0.2, 0) is 9.53 Å². The maximum atomic E-state index is 11.7. The Morgan fingerprint density at radius 1 is 1.58 bits per heavy atom. The van der Waals surface area contributed by atoms with Crippen LogP contribution in [0.1, 0.15) is 0 Å². The van der Waals surface area contributed by atoms with Crippen LogP contribution in [0.25, 0.3) is 0 Å². The van der Waals surface area contributed by atoms with Gasteiger partial charge in [0.2, 0.25) is 5.91 Å². The molecule has 1 atom stereocenters. The molecular formula is C13H17ClN2O3. The van der Waals surface area contributed by atoms with Crippen molar-refractivity contribution >= 4 is 17.5 Å². The molecule has 1 saturated heterocycles. The first kappa shape index (κ1) is 14.1. The molecule has 5 nitrogen and oxygen atoms in total. The number of benzene rings is 1. The summed E-state index contributed by atoms with van der Waals surface area (Å²) in [6.45, 7) is 2.63. The number of halogens is 1. The highest BCUT2D eigenvalue weighted by atomic mass is 35.5. The van der Waals surface area contributed by atoms with Crippen molar-refractivity contribution in [2.24, 2.45) is 0 Å². The van der Waals surface area contributed by atoms with E-state index in [1.807, 2.05) is 12.1 Å². The van der Waals surface area contributed by atoms with E-state index < -0.39 is 0 Å². The summed E-state index contributed by atoms with van der Waals surface area (Å²) in [5, 5.41) is 6.52. The molecule has 0 bridgehead atoms. The number of hydrogen-bond acceptors (Lipinski definition) is 4. The largest absolute Gasteiger partial charge is 0.492 e. The van der Waals surface area contributed by atoms with Gasteiger partial charge in [-0.3, -0.25) is 4.79 Å². The number of carbonyl (C=O) groups is 1. The molecule has 1 aliphatic heterocycles.